The number of aldehydes is 1. The second-order valence-corrected chi connectivity index (χ2v) is 5.39. The van der Waals surface area contributed by atoms with E-state index in [-0.39, 0.29) is 0 Å². The molecule has 0 radical (unpaired) electrons. The Kier molecular flexibility index (Phi) is 3.14. The lowest BCUT2D eigenvalue weighted by Gasteiger charge is -2.20. The van der Waals surface area contributed by atoms with Gasteiger partial charge < -0.3 is 4.74 Å². The number of hydrogen-bond donors (Lipinski definition) is 0. The van der Waals surface area contributed by atoms with Crippen molar-refractivity contribution < 1.29 is 14.3 Å². The molecule has 100 valence electrons. The van der Waals surface area contributed by atoms with Crippen molar-refractivity contribution in [3.8, 4) is 0 Å². The van der Waals surface area contributed by atoms with Crippen LogP contribution in [-0.2, 0) is 4.74 Å². The van der Waals surface area contributed by atoms with Crippen molar-refractivity contribution in [3.63, 3.8) is 0 Å². The lowest BCUT2D eigenvalue weighted by Crippen LogP contribution is -2.27. The van der Waals surface area contributed by atoms with Gasteiger partial charge in [0.1, 0.15) is 5.60 Å². The molecule has 0 aromatic carbocycles. The van der Waals surface area contributed by atoms with Crippen LogP contribution in [0.25, 0.3) is 11.0 Å². The van der Waals surface area contributed by atoms with E-state index in [4.69, 9.17) is 4.74 Å². The van der Waals surface area contributed by atoms with Gasteiger partial charge in [-0.15, -0.1) is 0 Å². The van der Waals surface area contributed by atoms with E-state index in [1.165, 1.54) is 10.8 Å². The number of fused-ring (bicyclic) bond motifs is 1. The molecule has 0 spiro atoms. The number of aryl methyl sites for hydroxylation is 1. The van der Waals surface area contributed by atoms with Crippen molar-refractivity contribution in [2.24, 2.45) is 0 Å². The minimum atomic E-state index is -0.574. The molecule has 0 aliphatic heterocycles. The number of nitrogens with zero attached hydrogens (tertiary/aromatic N) is 2. The van der Waals surface area contributed by atoms with E-state index in [1.54, 1.807) is 39.8 Å². The zero-order valence-corrected chi connectivity index (χ0v) is 11.4. The fourth-order valence-corrected chi connectivity index (χ4v) is 1.84. The maximum Gasteiger partial charge on any atom is 0.419 e. The highest BCUT2D eigenvalue weighted by Gasteiger charge is 2.21. The van der Waals surface area contributed by atoms with Crippen LogP contribution in [0.15, 0.2) is 18.3 Å². The Bertz CT molecular complexity index is 650. The molecular weight excluding hydrogens is 244 g/mol. The molecule has 0 saturated heterocycles. The lowest BCUT2D eigenvalue weighted by molar-refractivity contribution is 0.0541. The van der Waals surface area contributed by atoms with Gasteiger partial charge in [0.05, 0.1) is 11.0 Å². The average molecular weight is 260 g/mol. The summed E-state index contributed by atoms with van der Waals surface area (Å²) < 4.78 is 6.78. The van der Waals surface area contributed by atoms with E-state index in [0.29, 0.717) is 22.9 Å². The van der Waals surface area contributed by atoms with Gasteiger partial charge >= 0.3 is 6.09 Å². The second kappa shape index (κ2) is 4.50. The molecule has 0 amide bonds. The summed E-state index contributed by atoms with van der Waals surface area (Å²) in [6.45, 7) is 7.22. The third-order valence-corrected chi connectivity index (χ3v) is 2.57. The van der Waals surface area contributed by atoms with Gasteiger partial charge in [-0.25, -0.2) is 9.36 Å². The quantitative estimate of drug-likeness (QED) is 0.739. The summed E-state index contributed by atoms with van der Waals surface area (Å²) in [6, 6.07) is 3.42. The van der Waals surface area contributed by atoms with Crippen LogP contribution in [0.2, 0.25) is 0 Å². The standard InChI is InChI=1S/C14H16N2O3/c1-9-5-11-12(6-10(8-17)7-15-11)16(9)13(18)19-14(2,3)4/h5-8H,1-4H3. The first-order valence-electron chi connectivity index (χ1n) is 5.98. The fourth-order valence-electron chi connectivity index (χ4n) is 1.84. The monoisotopic (exact) mass is 260 g/mol. The molecule has 0 atom stereocenters. The summed E-state index contributed by atoms with van der Waals surface area (Å²) in [7, 11) is 0. The molecule has 2 aromatic rings. The number of pyridine rings is 1. The van der Waals surface area contributed by atoms with Crippen molar-refractivity contribution in [1.29, 1.82) is 0 Å². The summed E-state index contributed by atoms with van der Waals surface area (Å²) >= 11 is 0. The molecular formula is C14H16N2O3. The van der Waals surface area contributed by atoms with Crippen LogP contribution in [0.4, 0.5) is 4.79 Å². The molecule has 0 saturated carbocycles. The fraction of sp³-hybridized carbons (Fsp3) is 0.357. The van der Waals surface area contributed by atoms with Gasteiger partial charge in [-0.1, -0.05) is 0 Å². The van der Waals surface area contributed by atoms with Crippen LogP contribution >= 0.6 is 0 Å². The van der Waals surface area contributed by atoms with Crippen molar-refractivity contribution in [2.45, 2.75) is 33.3 Å². The number of carbonyl (C=O) groups excluding carboxylic acids is 2. The molecule has 0 aliphatic carbocycles. The van der Waals surface area contributed by atoms with Crippen LogP contribution < -0.4 is 0 Å². The largest absolute Gasteiger partial charge is 0.443 e. The van der Waals surface area contributed by atoms with Crippen LogP contribution in [0.3, 0.4) is 0 Å². The van der Waals surface area contributed by atoms with E-state index >= 15 is 0 Å². The first-order chi connectivity index (χ1) is 8.81. The zero-order chi connectivity index (χ0) is 14.2. The minimum Gasteiger partial charge on any atom is -0.443 e. The predicted octanol–water partition coefficient (Wildman–Crippen LogP) is 2.94. The average Bonchev–Trinajstić information content (AvgIpc) is 2.61. The van der Waals surface area contributed by atoms with Crippen LogP contribution in [0.5, 0.6) is 0 Å². The van der Waals surface area contributed by atoms with Gasteiger partial charge in [0.25, 0.3) is 0 Å². The van der Waals surface area contributed by atoms with Crippen molar-refractivity contribution >= 4 is 23.4 Å². The lowest BCUT2D eigenvalue weighted by atomic mass is 10.2. The number of ether oxygens (including phenoxy) is 1. The molecule has 0 unspecified atom stereocenters. The van der Waals surface area contributed by atoms with Crippen molar-refractivity contribution in [2.75, 3.05) is 0 Å². The molecule has 19 heavy (non-hydrogen) atoms. The Morgan fingerprint density at radius 2 is 2.05 bits per heavy atom. The summed E-state index contributed by atoms with van der Waals surface area (Å²) in [6.07, 6.45) is 1.72. The number of hydrogen-bond acceptors (Lipinski definition) is 4. The van der Waals surface area contributed by atoms with Crippen LogP contribution in [-0.4, -0.2) is 27.5 Å². The molecule has 0 bridgehead atoms. The van der Waals surface area contributed by atoms with Gasteiger partial charge in [-0.3, -0.25) is 9.78 Å². The third kappa shape index (κ3) is 2.65. The number of rotatable bonds is 1. The maximum absolute atomic E-state index is 12.2. The molecule has 2 heterocycles. The van der Waals surface area contributed by atoms with E-state index in [2.05, 4.69) is 4.98 Å². The van der Waals surface area contributed by atoms with E-state index in [0.717, 1.165) is 5.69 Å². The molecule has 2 rings (SSSR count). The Balaban J connectivity index is 2.55. The SMILES string of the molecule is Cc1cc2ncc(C=O)cc2n1C(=O)OC(C)(C)C. The summed E-state index contributed by atoms with van der Waals surface area (Å²) in [5.74, 6) is 0. The van der Waals surface area contributed by atoms with Crippen molar-refractivity contribution in [1.82, 2.24) is 9.55 Å². The van der Waals surface area contributed by atoms with Crippen LogP contribution in [0.1, 0.15) is 36.8 Å². The summed E-state index contributed by atoms with van der Waals surface area (Å²) in [4.78, 5) is 27.1. The number of carbonyl (C=O) groups is 2. The van der Waals surface area contributed by atoms with Gasteiger partial charge in [0.2, 0.25) is 0 Å². The molecule has 0 aliphatic rings. The molecule has 5 nitrogen and oxygen atoms in total. The topological polar surface area (TPSA) is 61.2 Å². The molecule has 2 aromatic heterocycles. The highest BCUT2D eigenvalue weighted by molar-refractivity contribution is 5.91. The highest BCUT2D eigenvalue weighted by Crippen LogP contribution is 2.20. The normalized spacial score (nSPS) is 11.6. The Labute approximate surface area is 111 Å². The van der Waals surface area contributed by atoms with E-state index < -0.39 is 11.7 Å². The van der Waals surface area contributed by atoms with Gasteiger partial charge in [-0.05, 0) is 39.8 Å². The Hall–Kier alpha value is -2.17. The van der Waals surface area contributed by atoms with Crippen LogP contribution in [0, 0.1) is 6.92 Å². The molecule has 0 N–H and O–H groups in total. The third-order valence-electron chi connectivity index (χ3n) is 2.57. The van der Waals surface area contributed by atoms with Crippen molar-refractivity contribution in [3.05, 3.63) is 29.6 Å². The Morgan fingerprint density at radius 3 is 2.63 bits per heavy atom. The minimum absolute atomic E-state index is 0.426. The van der Waals surface area contributed by atoms with E-state index in [9.17, 15) is 9.59 Å². The Morgan fingerprint density at radius 1 is 1.37 bits per heavy atom. The highest BCUT2D eigenvalue weighted by atomic mass is 16.6. The summed E-state index contributed by atoms with van der Waals surface area (Å²) in [5, 5.41) is 0. The van der Waals surface area contributed by atoms with Gasteiger partial charge in [0.15, 0.2) is 6.29 Å². The second-order valence-electron chi connectivity index (χ2n) is 5.39. The van der Waals surface area contributed by atoms with Gasteiger partial charge in [-0.2, -0.15) is 0 Å². The molecule has 5 heteroatoms. The summed E-state index contributed by atoms with van der Waals surface area (Å²) in [5.41, 5.74) is 1.82. The van der Waals surface area contributed by atoms with Gasteiger partial charge in [0, 0.05) is 17.5 Å². The zero-order valence-electron chi connectivity index (χ0n) is 11.4. The smallest absolute Gasteiger partial charge is 0.419 e. The first-order valence-corrected chi connectivity index (χ1v) is 5.98. The maximum atomic E-state index is 12.2. The predicted molar refractivity (Wildman–Crippen MR) is 71.5 cm³/mol. The number of aromatic nitrogens is 2. The first kappa shape index (κ1) is 13.3. The molecule has 0 fully saturated rings. The van der Waals surface area contributed by atoms with E-state index in [1.807, 2.05) is 0 Å².